The summed E-state index contributed by atoms with van der Waals surface area (Å²) in [5.41, 5.74) is -1.15. The van der Waals surface area contributed by atoms with Crippen molar-refractivity contribution in [2.45, 2.75) is 174 Å². The Morgan fingerprint density at radius 1 is 0.483 bits per heavy atom. The molecule has 0 heterocycles. The normalized spacial score (nSPS) is 11.9. The van der Waals surface area contributed by atoms with E-state index in [0.29, 0.717) is 12.8 Å². The zero-order valence-electron chi connectivity index (χ0n) is 38.2. The summed E-state index contributed by atoms with van der Waals surface area (Å²) in [6, 6.07) is -0.933. The van der Waals surface area contributed by atoms with Crippen molar-refractivity contribution in [3.8, 4) is 0 Å². The van der Waals surface area contributed by atoms with E-state index in [-0.39, 0.29) is 125 Å². The predicted octanol–water partition coefficient (Wildman–Crippen LogP) is 1.23. The van der Waals surface area contributed by atoms with Gasteiger partial charge in [-0.1, -0.05) is 77.0 Å². The van der Waals surface area contributed by atoms with Gasteiger partial charge >= 0.3 is 41.5 Å². The van der Waals surface area contributed by atoms with Crippen molar-refractivity contribution >= 4 is 35.6 Å². The predicted molar refractivity (Wildman–Crippen MR) is 221 cm³/mol. The quantitative estimate of drug-likeness (QED) is 0.0453. The van der Waals surface area contributed by atoms with Gasteiger partial charge in [0, 0.05) is 32.4 Å². The average Bonchev–Trinajstić information content (AvgIpc) is 3.13. The van der Waals surface area contributed by atoms with Crippen LogP contribution in [0.25, 0.3) is 0 Å². The third kappa shape index (κ3) is 43.7. The van der Waals surface area contributed by atoms with E-state index in [0.717, 1.165) is 38.5 Å². The molecule has 0 fully saturated rings. The van der Waals surface area contributed by atoms with Crippen LogP contribution >= 0.6 is 0 Å². The van der Waals surface area contributed by atoms with Gasteiger partial charge in [-0.15, -0.1) is 0 Å². The van der Waals surface area contributed by atoms with E-state index >= 15 is 0 Å². The first-order chi connectivity index (χ1) is 28.0. The van der Waals surface area contributed by atoms with Gasteiger partial charge in [-0.3, -0.25) is 19.2 Å². The zero-order chi connectivity index (χ0) is 44.2. The molecule has 0 saturated carbocycles. The van der Waals surface area contributed by atoms with E-state index in [1.165, 1.54) is 51.4 Å². The molecular formula is C43H78N3NaO13. The molecule has 17 heteroatoms. The molecule has 3 amide bonds. The van der Waals surface area contributed by atoms with Gasteiger partial charge in [0.05, 0.1) is 52.2 Å². The Morgan fingerprint density at radius 2 is 0.900 bits per heavy atom. The summed E-state index contributed by atoms with van der Waals surface area (Å²) >= 11 is 0. The van der Waals surface area contributed by atoms with Crippen molar-refractivity contribution in [1.29, 1.82) is 0 Å². The molecule has 16 nitrogen and oxygen atoms in total. The fourth-order valence-electron chi connectivity index (χ4n) is 5.66. The number of aliphatic carboxylic acids is 1. The van der Waals surface area contributed by atoms with Gasteiger partial charge < -0.3 is 54.3 Å². The molecular weight excluding hydrogens is 789 g/mol. The van der Waals surface area contributed by atoms with Gasteiger partial charge in [0.15, 0.2) is 0 Å². The number of hydrogen-bond acceptors (Lipinski definition) is 13. The average molecular weight is 868 g/mol. The number of carboxylic acid groups (broad SMARTS) is 1. The molecule has 0 radical (unpaired) electrons. The first-order valence-electron chi connectivity index (χ1n) is 21.8. The molecule has 0 aromatic carbocycles. The first kappa shape index (κ1) is 59.8. The van der Waals surface area contributed by atoms with E-state index in [1.54, 1.807) is 20.8 Å². The summed E-state index contributed by atoms with van der Waals surface area (Å²) in [4.78, 5) is 71.9. The Labute approximate surface area is 382 Å². The van der Waals surface area contributed by atoms with Gasteiger partial charge in [-0.2, -0.15) is 0 Å². The molecule has 0 aromatic rings. The van der Waals surface area contributed by atoms with Gasteiger partial charge in [0.2, 0.25) is 17.7 Å². The van der Waals surface area contributed by atoms with Crippen LogP contribution in [-0.2, 0) is 57.2 Å². The van der Waals surface area contributed by atoms with E-state index in [9.17, 15) is 33.9 Å². The Balaban J connectivity index is 0. The summed E-state index contributed by atoms with van der Waals surface area (Å²) in [5.74, 6) is -2.82. The van der Waals surface area contributed by atoms with Gasteiger partial charge in [-0.05, 0) is 60.8 Å². The third-order valence-electron chi connectivity index (χ3n) is 8.48. The van der Waals surface area contributed by atoms with E-state index < -0.39 is 35.8 Å². The van der Waals surface area contributed by atoms with Gasteiger partial charge in [-0.25, -0.2) is 4.79 Å². The van der Waals surface area contributed by atoms with Crippen molar-refractivity contribution in [3.05, 3.63) is 0 Å². The Hall–Kier alpha value is -2.34. The molecule has 3 N–H and O–H groups in total. The van der Waals surface area contributed by atoms with E-state index in [1.807, 2.05) is 20.8 Å². The summed E-state index contributed by atoms with van der Waals surface area (Å²) in [6.45, 7) is 11.9. The molecule has 0 rings (SSSR count). The molecule has 0 saturated heterocycles. The van der Waals surface area contributed by atoms with Crippen LogP contribution in [-0.4, -0.2) is 119 Å². The molecule has 0 unspecified atom stereocenters. The van der Waals surface area contributed by atoms with Crippen molar-refractivity contribution in [2.24, 2.45) is 0 Å². The summed E-state index contributed by atoms with van der Waals surface area (Å²) < 4.78 is 31.5. The fraction of sp³-hybridized carbons (Fsp3) is 0.860. The molecule has 344 valence electrons. The SMILES string of the molecule is CC(C)(C)OC(=O)CCCCCCCCCCCCCCCCC(=O)N[C@@H](CCC(=O)NCCOCCOCC(=O)NCCOCCOCC(=O)[O-])C(=O)OC(C)(C)C.[Na+]. The fourth-order valence-corrected chi connectivity index (χ4v) is 5.66. The van der Waals surface area contributed by atoms with Crippen LogP contribution in [0.5, 0.6) is 0 Å². The minimum Gasteiger partial charge on any atom is -0.548 e. The summed E-state index contributed by atoms with van der Waals surface area (Å²) in [7, 11) is 0. The number of rotatable bonds is 38. The molecule has 0 aliphatic rings. The zero-order valence-corrected chi connectivity index (χ0v) is 40.2. The molecule has 1 atom stereocenters. The maximum atomic E-state index is 12.9. The number of esters is 2. The van der Waals surface area contributed by atoms with Crippen LogP contribution in [0.4, 0.5) is 0 Å². The molecule has 0 aliphatic carbocycles. The minimum atomic E-state index is -1.30. The second kappa shape index (κ2) is 38.3. The smallest absolute Gasteiger partial charge is 0.548 e. The number of carbonyl (C=O) groups excluding carboxylic acids is 6. The number of carbonyl (C=O) groups is 6. The van der Waals surface area contributed by atoms with Crippen LogP contribution in [0, 0.1) is 0 Å². The van der Waals surface area contributed by atoms with E-state index in [2.05, 4.69) is 16.0 Å². The molecule has 0 bridgehead atoms. The number of amides is 3. The van der Waals surface area contributed by atoms with Crippen LogP contribution in [0.15, 0.2) is 0 Å². The summed E-state index contributed by atoms with van der Waals surface area (Å²) in [5, 5.41) is 18.4. The van der Waals surface area contributed by atoms with Crippen LogP contribution in [0.2, 0.25) is 0 Å². The Bertz CT molecular complexity index is 1160. The molecule has 0 spiro atoms. The second-order valence-electron chi connectivity index (χ2n) is 16.6. The Kier molecular flexibility index (Phi) is 38.2. The number of nitrogens with one attached hydrogen (secondary N) is 3. The minimum absolute atomic E-state index is 0. The molecule has 60 heavy (non-hydrogen) atoms. The standard InChI is InChI=1S/C43H79N3O13.Na/c1-42(2,3)58-40(52)22-20-18-16-14-12-10-8-7-9-11-13-15-17-19-21-37(48)46-35(41(53)59-43(4,5)6)23-24-36(47)44-25-27-54-29-31-56-33-38(49)45-26-28-55-30-32-57-34-39(50)51;/h35H,7-34H2,1-6H3,(H,44,47)(H,45,49)(H,46,48)(H,50,51);/q;+1/p-1/t35-;/m0./s1. The van der Waals surface area contributed by atoms with Crippen LogP contribution in [0.1, 0.15) is 157 Å². The van der Waals surface area contributed by atoms with Crippen molar-refractivity contribution in [2.75, 3.05) is 65.9 Å². The van der Waals surface area contributed by atoms with Crippen molar-refractivity contribution < 1.29 is 91.9 Å². The largest absolute Gasteiger partial charge is 1.00 e. The third-order valence-corrected chi connectivity index (χ3v) is 8.48. The molecule has 0 aliphatic heterocycles. The number of carboxylic acids is 1. The van der Waals surface area contributed by atoms with Crippen LogP contribution < -0.4 is 50.6 Å². The number of hydrogen-bond donors (Lipinski definition) is 3. The molecule has 0 aromatic heterocycles. The number of unbranched alkanes of at least 4 members (excludes halogenated alkanes) is 13. The summed E-state index contributed by atoms with van der Waals surface area (Å²) in [6.07, 6.45) is 16.6. The Morgan fingerprint density at radius 3 is 1.37 bits per heavy atom. The van der Waals surface area contributed by atoms with Gasteiger partial charge in [0.1, 0.15) is 23.9 Å². The van der Waals surface area contributed by atoms with E-state index in [4.69, 9.17) is 28.4 Å². The topological polar surface area (TPSA) is 217 Å². The van der Waals surface area contributed by atoms with Crippen molar-refractivity contribution in [1.82, 2.24) is 16.0 Å². The maximum absolute atomic E-state index is 12.9. The first-order valence-corrected chi connectivity index (χ1v) is 21.8. The maximum Gasteiger partial charge on any atom is 1.00 e. The number of ether oxygens (including phenoxy) is 6. The van der Waals surface area contributed by atoms with Crippen LogP contribution in [0.3, 0.4) is 0 Å². The monoisotopic (exact) mass is 868 g/mol. The van der Waals surface area contributed by atoms with Crippen molar-refractivity contribution in [3.63, 3.8) is 0 Å². The van der Waals surface area contributed by atoms with Gasteiger partial charge in [0.25, 0.3) is 0 Å². The second-order valence-corrected chi connectivity index (χ2v) is 16.6.